The van der Waals surface area contributed by atoms with Gasteiger partial charge in [0, 0.05) is 17.7 Å². The highest BCUT2D eigenvalue weighted by Crippen LogP contribution is 1.96. The van der Waals surface area contributed by atoms with Gasteiger partial charge in [-0.05, 0) is 33.2 Å². The van der Waals surface area contributed by atoms with Crippen LogP contribution in [0.1, 0.15) is 30.4 Å². The van der Waals surface area contributed by atoms with E-state index in [1.54, 1.807) is 13.8 Å². The zero-order valence-electron chi connectivity index (χ0n) is 9.88. The fraction of sp³-hybridized carbons (Fsp3) is 0.636. The summed E-state index contributed by atoms with van der Waals surface area (Å²) in [4.78, 5) is 23.2. The summed E-state index contributed by atoms with van der Waals surface area (Å²) in [5.41, 5.74) is 6.12. The summed E-state index contributed by atoms with van der Waals surface area (Å²) >= 11 is 0. The fourth-order valence-corrected chi connectivity index (χ4v) is 1.54. The third-order valence-electron chi connectivity index (χ3n) is 2.79. The van der Waals surface area contributed by atoms with Crippen LogP contribution < -0.4 is 16.9 Å². The van der Waals surface area contributed by atoms with Gasteiger partial charge >= 0.3 is 0 Å². The number of nitrogens with two attached hydrogens (primary N) is 1. The first-order chi connectivity index (χ1) is 7.57. The van der Waals surface area contributed by atoms with Crippen LogP contribution in [-0.2, 0) is 6.54 Å². The van der Waals surface area contributed by atoms with Gasteiger partial charge in [0.2, 0.25) is 0 Å². The van der Waals surface area contributed by atoms with Crippen molar-refractivity contribution >= 4 is 0 Å². The van der Waals surface area contributed by atoms with Crippen molar-refractivity contribution in [1.82, 2.24) is 9.78 Å². The Balaban J connectivity index is 2.82. The molecule has 16 heavy (non-hydrogen) atoms. The van der Waals surface area contributed by atoms with Crippen LogP contribution in [0.15, 0.2) is 9.59 Å². The first kappa shape index (κ1) is 12.7. The molecule has 0 aromatic carbocycles. The van der Waals surface area contributed by atoms with Crippen molar-refractivity contribution in [2.45, 2.75) is 39.7 Å². The van der Waals surface area contributed by atoms with Gasteiger partial charge in [-0.2, -0.15) is 0 Å². The highest BCUT2D eigenvalue weighted by atomic mass is 16.2. The molecule has 0 aliphatic rings. The number of rotatable bonds is 5. The van der Waals surface area contributed by atoms with E-state index < -0.39 is 0 Å². The molecule has 0 amide bonds. The smallest absolute Gasteiger partial charge is 0.268 e. The Labute approximate surface area is 94.3 Å². The summed E-state index contributed by atoms with van der Waals surface area (Å²) in [5.74, 6) is 0. The summed E-state index contributed by atoms with van der Waals surface area (Å²) in [5, 5.41) is 2.58. The maximum absolute atomic E-state index is 11.8. The third kappa shape index (κ3) is 2.82. The average molecular weight is 225 g/mol. The van der Waals surface area contributed by atoms with Crippen molar-refractivity contribution in [1.29, 1.82) is 0 Å². The summed E-state index contributed by atoms with van der Waals surface area (Å²) in [7, 11) is 0. The monoisotopic (exact) mass is 225 g/mol. The molecule has 0 saturated carbocycles. The minimum absolute atomic E-state index is 0.107. The first-order valence-electron chi connectivity index (χ1n) is 5.58. The van der Waals surface area contributed by atoms with Crippen molar-refractivity contribution in [2.24, 2.45) is 5.73 Å². The fourth-order valence-electron chi connectivity index (χ4n) is 1.54. The Morgan fingerprint density at radius 1 is 1.12 bits per heavy atom. The number of hydrogen-bond donors (Lipinski definition) is 2. The number of aromatic amines is 1. The Hall–Kier alpha value is -1.36. The maximum Gasteiger partial charge on any atom is 0.268 e. The molecule has 3 N–H and O–H groups in total. The molecule has 0 bridgehead atoms. The summed E-state index contributed by atoms with van der Waals surface area (Å²) in [6.07, 6.45) is 2.78. The van der Waals surface area contributed by atoms with E-state index in [4.69, 9.17) is 5.73 Å². The van der Waals surface area contributed by atoms with Crippen LogP contribution in [0.3, 0.4) is 0 Å². The lowest BCUT2D eigenvalue weighted by molar-refractivity contribution is 0.514. The minimum Gasteiger partial charge on any atom is -0.330 e. The van der Waals surface area contributed by atoms with E-state index in [2.05, 4.69) is 5.10 Å². The molecule has 0 aliphatic carbocycles. The molecule has 0 spiro atoms. The number of aromatic nitrogens is 2. The highest BCUT2D eigenvalue weighted by Gasteiger charge is 2.06. The Morgan fingerprint density at radius 3 is 2.44 bits per heavy atom. The number of unbranched alkanes of at least 4 members (excludes halogenated alkanes) is 2. The lowest BCUT2D eigenvalue weighted by atomic mass is 10.2. The molecule has 0 fully saturated rings. The molecule has 5 heteroatoms. The summed E-state index contributed by atoms with van der Waals surface area (Å²) < 4.78 is 1.39. The van der Waals surface area contributed by atoms with Gasteiger partial charge in [0.25, 0.3) is 11.1 Å². The number of H-pyrrole nitrogens is 1. The van der Waals surface area contributed by atoms with E-state index in [1.165, 1.54) is 4.68 Å². The largest absolute Gasteiger partial charge is 0.330 e. The highest BCUT2D eigenvalue weighted by molar-refractivity contribution is 5.17. The van der Waals surface area contributed by atoms with Crippen molar-refractivity contribution < 1.29 is 0 Å². The molecule has 0 aliphatic heterocycles. The Bertz CT molecular complexity index is 459. The van der Waals surface area contributed by atoms with Crippen molar-refractivity contribution in [3.63, 3.8) is 0 Å². The second kappa shape index (κ2) is 5.65. The SMILES string of the molecule is Cc1c(C)c(=O)n(CCCCCN)[nH]c1=O. The van der Waals surface area contributed by atoms with Crippen LogP contribution in [0.4, 0.5) is 0 Å². The zero-order chi connectivity index (χ0) is 12.1. The normalized spacial score (nSPS) is 10.7. The van der Waals surface area contributed by atoms with Crippen LogP contribution >= 0.6 is 0 Å². The Kier molecular flexibility index (Phi) is 4.49. The topological polar surface area (TPSA) is 80.9 Å². The molecule has 5 nitrogen and oxygen atoms in total. The van der Waals surface area contributed by atoms with Gasteiger partial charge in [0.1, 0.15) is 0 Å². The molecule has 1 heterocycles. The molecule has 0 unspecified atom stereocenters. The van der Waals surface area contributed by atoms with Gasteiger partial charge in [0.15, 0.2) is 0 Å². The van der Waals surface area contributed by atoms with Crippen LogP contribution in [0.5, 0.6) is 0 Å². The van der Waals surface area contributed by atoms with Crippen LogP contribution in [-0.4, -0.2) is 16.3 Å². The molecule has 1 aromatic heterocycles. The predicted octanol–water partition coefficient (Wildman–Crippen LogP) is 0.282. The van der Waals surface area contributed by atoms with Crippen LogP contribution in [0, 0.1) is 13.8 Å². The molecular weight excluding hydrogens is 206 g/mol. The molecule has 0 saturated heterocycles. The lowest BCUT2D eigenvalue weighted by Gasteiger charge is -2.07. The van der Waals surface area contributed by atoms with E-state index in [1.807, 2.05) is 0 Å². The van der Waals surface area contributed by atoms with Crippen LogP contribution in [0.25, 0.3) is 0 Å². The van der Waals surface area contributed by atoms with Crippen molar-refractivity contribution in [3.05, 3.63) is 31.8 Å². The molecule has 0 atom stereocenters. The van der Waals surface area contributed by atoms with E-state index in [0.29, 0.717) is 24.2 Å². The number of nitrogens with one attached hydrogen (secondary N) is 1. The average Bonchev–Trinajstić information content (AvgIpc) is 2.28. The van der Waals surface area contributed by atoms with E-state index in [-0.39, 0.29) is 11.1 Å². The lowest BCUT2D eigenvalue weighted by Crippen LogP contribution is -2.33. The predicted molar refractivity (Wildman–Crippen MR) is 63.7 cm³/mol. The standard InChI is InChI=1S/C11H19N3O2/c1-8-9(2)11(16)14(13-10(8)15)7-5-3-4-6-12/h3-7,12H2,1-2H3,(H,13,15). The van der Waals surface area contributed by atoms with E-state index in [0.717, 1.165) is 19.3 Å². The van der Waals surface area contributed by atoms with Gasteiger partial charge in [-0.3, -0.25) is 19.4 Å². The Morgan fingerprint density at radius 2 is 1.81 bits per heavy atom. The molecular formula is C11H19N3O2. The number of aryl methyl sites for hydroxylation is 1. The van der Waals surface area contributed by atoms with E-state index in [9.17, 15) is 9.59 Å². The zero-order valence-corrected chi connectivity index (χ0v) is 9.88. The van der Waals surface area contributed by atoms with Gasteiger partial charge in [-0.15, -0.1) is 0 Å². The van der Waals surface area contributed by atoms with Gasteiger partial charge < -0.3 is 5.73 Å². The van der Waals surface area contributed by atoms with Gasteiger partial charge in [0.05, 0.1) is 0 Å². The molecule has 1 rings (SSSR count). The molecule has 0 radical (unpaired) electrons. The van der Waals surface area contributed by atoms with Gasteiger partial charge in [-0.25, -0.2) is 0 Å². The minimum atomic E-state index is -0.184. The molecule has 1 aromatic rings. The quantitative estimate of drug-likeness (QED) is 0.706. The van der Waals surface area contributed by atoms with Crippen LogP contribution in [0.2, 0.25) is 0 Å². The first-order valence-corrected chi connectivity index (χ1v) is 5.58. The second-order valence-electron chi connectivity index (χ2n) is 4.00. The third-order valence-corrected chi connectivity index (χ3v) is 2.79. The summed E-state index contributed by atoms with van der Waals surface area (Å²) in [6.45, 7) is 4.56. The summed E-state index contributed by atoms with van der Waals surface area (Å²) in [6, 6.07) is 0. The number of nitrogens with zero attached hydrogens (tertiary/aromatic N) is 1. The van der Waals surface area contributed by atoms with E-state index >= 15 is 0 Å². The second-order valence-corrected chi connectivity index (χ2v) is 4.00. The maximum atomic E-state index is 11.8. The van der Waals surface area contributed by atoms with Gasteiger partial charge in [-0.1, -0.05) is 6.42 Å². The van der Waals surface area contributed by atoms with Crippen molar-refractivity contribution in [3.8, 4) is 0 Å². The molecule has 90 valence electrons. The number of hydrogen-bond acceptors (Lipinski definition) is 3. The van der Waals surface area contributed by atoms with Crippen molar-refractivity contribution in [2.75, 3.05) is 6.54 Å².